The van der Waals surface area contributed by atoms with Gasteiger partial charge in [0.2, 0.25) is 5.89 Å². The van der Waals surface area contributed by atoms with Crippen molar-refractivity contribution in [2.75, 3.05) is 5.75 Å². The van der Waals surface area contributed by atoms with E-state index >= 15 is 0 Å². The monoisotopic (exact) mass is 236 g/mol. The quantitative estimate of drug-likeness (QED) is 0.887. The van der Waals surface area contributed by atoms with Gasteiger partial charge in [0.1, 0.15) is 5.52 Å². The lowest BCUT2D eigenvalue weighted by Crippen LogP contribution is -2.34. The Bertz CT molecular complexity index is 440. The molecule has 0 atom stereocenters. The van der Waals surface area contributed by atoms with E-state index in [4.69, 9.17) is 10.2 Å². The van der Waals surface area contributed by atoms with Crippen LogP contribution in [0, 0.1) is 0 Å². The molecule has 0 unspecified atom stereocenters. The molecule has 0 amide bonds. The van der Waals surface area contributed by atoms with Gasteiger partial charge in [-0.05, 0) is 26.0 Å². The fourth-order valence-electron chi connectivity index (χ4n) is 1.38. The number of hydrogen-bond donors (Lipinski definition) is 1. The van der Waals surface area contributed by atoms with Gasteiger partial charge in [-0.1, -0.05) is 12.1 Å². The van der Waals surface area contributed by atoms with Crippen LogP contribution in [-0.2, 0) is 5.75 Å². The van der Waals surface area contributed by atoms with Crippen molar-refractivity contribution >= 4 is 22.9 Å². The van der Waals surface area contributed by atoms with Crippen LogP contribution >= 0.6 is 11.8 Å². The van der Waals surface area contributed by atoms with Crippen molar-refractivity contribution < 1.29 is 4.42 Å². The Kier molecular flexibility index (Phi) is 3.21. The summed E-state index contributed by atoms with van der Waals surface area (Å²) >= 11 is 1.75. The molecule has 0 saturated carbocycles. The Morgan fingerprint density at radius 3 is 2.81 bits per heavy atom. The fraction of sp³-hybridized carbons (Fsp3) is 0.417. The summed E-state index contributed by atoms with van der Waals surface area (Å²) in [6.07, 6.45) is 0. The molecule has 3 nitrogen and oxygen atoms in total. The molecule has 0 aliphatic rings. The lowest BCUT2D eigenvalue weighted by atomic mass is 10.1. The second-order valence-corrected chi connectivity index (χ2v) is 5.54. The maximum Gasteiger partial charge on any atom is 0.205 e. The minimum absolute atomic E-state index is 0.142. The van der Waals surface area contributed by atoms with Crippen LogP contribution in [0.25, 0.3) is 11.1 Å². The van der Waals surface area contributed by atoms with Crippen LogP contribution < -0.4 is 5.73 Å². The van der Waals surface area contributed by atoms with Gasteiger partial charge in [0, 0.05) is 11.3 Å². The van der Waals surface area contributed by atoms with Crippen LogP contribution in [0.15, 0.2) is 28.7 Å². The van der Waals surface area contributed by atoms with Crippen LogP contribution in [0.3, 0.4) is 0 Å². The van der Waals surface area contributed by atoms with Gasteiger partial charge in [-0.3, -0.25) is 0 Å². The van der Waals surface area contributed by atoms with E-state index in [1.807, 2.05) is 38.1 Å². The first-order chi connectivity index (χ1) is 7.54. The Labute approximate surface area is 99.4 Å². The van der Waals surface area contributed by atoms with Gasteiger partial charge in [0.15, 0.2) is 5.58 Å². The van der Waals surface area contributed by atoms with Gasteiger partial charge in [-0.15, -0.1) is 0 Å². The van der Waals surface area contributed by atoms with Crippen molar-refractivity contribution in [1.29, 1.82) is 0 Å². The Hall–Kier alpha value is -1.00. The summed E-state index contributed by atoms with van der Waals surface area (Å²) in [5, 5.41) is 0. The second kappa shape index (κ2) is 4.47. The number of thioether (sulfide) groups is 1. The molecular weight excluding hydrogens is 220 g/mol. The summed E-state index contributed by atoms with van der Waals surface area (Å²) in [6.45, 7) is 4.04. The van der Waals surface area contributed by atoms with Crippen LogP contribution in [0.2, 0.25) is 0 Å². The highest BCUT2D eigenvalue weighted by molar-refractivity contribution is 7.98. The molecule has 1 heterocycles. The van der Waals surface area contributed by atoms with Gasteiger partial charge in [0.25, 0.3) is 0 Å². The molecule has 2 N–H and O–H groups in total. The molecule has 4 heteroatoms. The van der Waals surface area contributed by atoms with Crippen molar-refractivity contribution in [3.8, 4) is 0 Å². The van der Waals surface area contributed by atoms with Gasteiger partial charge >= 0.3 is 0 Å². The predicted molar refractivity (Wildman–Crippen MR) is 68.4 cm³/mol. The van der Waals surface area contributed by atoms with Crippen LogP contribution in [0.4, 0.5) is 0 Å². The van der Waals surface area contributed by atoms with Gasteiger partial charge in [-0.2, -0.15) is 11.8 Å². The summed E-state index contributed by atoms with van der Waals surface area (Å²) < 4.78 is 5.61. The smallest absolute Gasteiger partial charge is 0.205 e. The molecule has 2 aromatic rings. The van der Waals surface area contributed by atoms with E-state index < -0.39 is 0 Å². The summed E-state index contributed by atoms with van der Waals surface area (Å²) in [6, 6.07) is 7.81. The number of benzene rings is 1. The maximum absolute atomic E-state index is 5.90. The third-order valence-electron chi connectivity index (χ3n) is 2.04. The van der Waals surface area contributed by atoms with Crippen molar-refractivity contribution in [1.82, 2.24) is 4.98 Å². The van der Waals surface area contributed by atoms with E-state index in [1.165, 1.54) is 0 Å². The van der Waals surface area contributed by atoms with Gasteiger partial charge in [0.05, 0.1) is 5.75 Å². The topological polar surface area (TPSA) is 52.0 Å². The first-order valence-electron chi connectivity index (χ1n) is 5.26. The van der Waals surface area contributed by atoms with E-state index in [9.17, 15) is 0 Å². The molecule has 0 aliphatic heterocycles. The zero-order valence-electron chi connectivity index (χ0n) is 9.56. The average molecular weight is 236 g/mol. The minimum Gasteiger partial charge on any atom is -0.440 e. The summed E-state index contributed by atoms with van der Waals surface area (Å²) in [5.41, 5.74) is 7.53. The molecule has 16 heavy (non-hydrogen) atoms. The van der Waals surface area contributed by atoms with Crippen molar-refractivity contribution in [3.63, 3.8) is 0 Å². The minimum atomic E-state index is -0.142. The number of rotatable bonds is 4. The SMILES string of the molecule is CC(C)(N)CSCc1nc2ccccc2o1. The van der Waals surface area contributed by atoms with E-state index in [1.54, 1.807) is 11.8 Å². The number of aromatic nitrogens is 1. The maximum atomic E-state index is 5.90. The standard InChI is InChI=1S/C12H16N2OS/c1-12(2,13)8-16-7-11-14-9-5-3-4-6-10(9)15-11/h3-6H,7-8,13H2,1-2H3. The number of nitrogens with two attached hydrogens (primary N) is 1. The second-order valence-electron chi connectivity index (χ2n) is 4.56. The summed E-state index contributed by atoms with van der Waals surface area (Å²) in [7, 11) is 0. The normalized spacial score (nSPS) is 12.2. The Morgan fingerprint density at radius 1 is 1.38 bits per heavy atom. The molecule has 0 aliphatic carbocycles. The number of hydrogen-bond acceptors (Lipinski definition) is 4. The van der Waals surface area contributed by atoms with Crippen molar-refractivity contribution in [2.45, 2.75) is 25.1 Å². The third-order valence-corrected chi connectivity index (χ3v) is 3.44. The molecule has 0 saturated heterocycles. The van der Waals surface area contributed by atoms with Crippen LogP contribution in [0.1, 0.15) is 19.7 Å². The number of oxazole rings is 1. The predicted octanol–water partition coefficient (Wildman–Crippen LogP) is 2.80. The van der Waals surface area contributed by atoms with Crippen molar-refractivity contribution in [3.05, 3.63) is 30.2 Å². The molecule has 0 radical (unpaired) electrons. The highest BCUT2D eigenvalue weighted by atomic mass is 32.2. The number of fused-ring (bicyclic) bond motifs is 1. The highest BCUT2D eigenvalue weighted by Gasteiger charge is 2.11. The van der Waals surface area contributed by atoms with E-state index in [2.05, 4.69) is 4.98 Å². The Morgan fingerprint density at radius 2 is 2.12 bits per heavy atom. The zero-order valence-corrected chi connectivity index (χ0v) is 10.4. The molecular formula is C12H16N2OS. The summed E-state index contributed by atoms with van der Waals surface area (Å²) in [4.78, 5) is 4.40. The van der Waals surface area contributed by atoms with Gasteiger partial charge < -0.3 is 10.2 Å². The molecule has 1 aromatic heterocycles. The summed E-state index contributed by atoms with van der Waals surface area (Å²) in [5.74, 6) is 2.44. The number of para-hydroxylation sites is 2. The Balaban J connectivity index is 2.00. The zero-order chi connectivity index (χ0) is 11.6. The first-order valence-corrected chi connectivity index (χ1v) is 6.41. The van der Waals surface area contributed by atoms with Crippen molar-refractivity contribution in [2.24, 2.45) is 5.73 Å². The number of nitrogens with zero attached hydrogens (tertiary/aromatic N) is 1. The lowest BCUT2D eigenvalue weighted by molar-refractivity contribution is 0.554. The average Bonchev–Trinajstić information content (AvgIpc) is 2.57. The van der Waals surface area contributed by atoms with E-state index in [-0.39, 0.29) is 5.54 Å². The van der Waals surface area contributed by atoms with Crippen LogP contribution in [-0.4, -0.2) is 16.3 Å². The van der Waals surface area contributed by atoms with E-state index in [0.29, 0.717) is 0 Å². The molecule has 1 aromatic carbocycles. The molecule has 0 spiro atoms. The third kappa shape index (κ3) is 3.00. The van der Waals surface area contributed by atoms with E-state index in [0.717, 1.165) is 28.5 Å². The van der Waals surface area contributed by atoms with Crippen LogP contribution in [0.5, 0.6) is 0 Å². The van der Waals surface area contributed by atoms with Gasteiger partial charge in [-0.25, -0.2) is 4.98 Å². The molecule has 0 bridgehead atoms. The highest BCUT2D eigenvalue weighted by Crippen LogP contribution is 2.20. The molecule has 0 fully saturated rings. The lowest BCUT2D eigenvalue weighted by Gasteiger charge is -2.16. The largest absolute Gasteiger partial charge is 0.440 e. The fourth-order valence-corrected chi connectivity index (χ4v) is 2.31. The first kappa shape index (κ1) is 11.5. The molecule has 2 rings (SSSR count). The molecule has 86 valence electrons.